The molecule has 1 saturated heterocycles. The van der Waals surface area contributed by atoms with Crippen LogP contribution in [0.25, 0.3) is 11.4 Å². The zero-order valence-corrected chi connectivity index (χ0v) is 37.5. The lowest BCUT2D eigenvalue weighted by Crippen LogP contribution is -2.50. The second-order valence-corrected chi connectivity index (χ2v) is 16.5. The predicted octanol–water partition coefficient (Wildman–Crippen LogP) is 7.64. The third kappa shape index (κ3) is 16.2. The highest BCUT2D eigenvalue weighted by Crippen LogP contribution is 2.36. The average molecular weight is 872 g/mol. The number of carbonyl (C=O) groups excluding carboxylic acids is 3. The van der Waals surface area contributed by atoms with E-state index >= 15 is 0 Å². The molecule has 0 saturated carbocycles. The minimum Gasteiger partial charge on any atom is -0.494 e. The molecule has 0 aliphatic carbocycles. The van der Waals surface area contributed by atoms with Crippen molar-refractivity contribution < 1.29 is 42.8 Å². The van der Waals surface area contributed by atoms with Crippen LogP contribution in [-0.4, -0.2) is 115 Å². The van der Waals surface area contributed by atoms with E-state index in [2.05, 4.69) is 30.6 Å². The van der Waals surface area contributed by atoms with Gasteiger partial charge in [-0.05, 0) is 114 Å². The van der Waals surface area contributed by atoms with E-state index in [0.717, 1.165) is 48.2 Å². The topological polar surface area (TPSA) is 188 Å². The number of piperidine rings is 1. The van der Waals surface area contributed by atoms with Crippen LogP contribution in [0.3, 0.4) is 0 Å². The molecule has 2 amide bonds. The van der Waals surface area contributed by atoms with Crippen molar-refractivity contribution in [3.05, 3.63) is 90.0 Å². The number of H-pyrrole nitrogens is 1. The summed E-state index contributed by atoms with van der Waals surface area (Å²) in [6.07, 6.45) is 9.14. The van der Waals surface area contributed by atoms with Crippen molar-refractivity contribution in [1.82, 2.24) is 30.4 Å². The Morgan fingerprint density at radius 1 is 0.825 bits per heavy atom. The van der Waals surface area contributed by atoms with Crippen molar-refractivity contribution in [2.24, 2.45) is 0 Å². The third-order valence-electron chi connectivity index (χ3n) is 10.5. The number of likely N-dealkylation sites (tertiary alicyclic amines) is 1. The van der Waals surface area contributed by atoms with Gasteiger partial charge in [-0.25, -0.2) is 9.78 Å². The van der Waals surface area contributed by atoms with Gasteiger partial charge in [0.05, 0.1) is 46.2 Å². The van der Waals surface area contributed by atoms with E-state index in [0.29, 0.717) is 102 Å². The number of hydrogen-bond acceptors (Lipinski definition) is 13. The van der Waals surface area contributed by atoms with Crippen LogP contribution in [0.2, 0.25) is 0 Å². The minimum absolute atomic E-state index is 0.203. The quantitative estimate of drug-likeness (QED) is 0.0436. The molecule has 342 valence electrons. The van der Waals surface area contributed by atoms with Crippen LogP contribution in [0.5, 0.6) is 5.75 Å². The second-order valence-electron chi connectivity index (χ2n) is 16.5. The van der Waals surface area contributed by atoms with E-state index in [-0.39, 0.29) is 24.0 Å². The molecule has 3 N–H and O–H groups in total. The summed E-state index contributed by atoms with van der Waals surface area (Å²) in [4.78, 5) is 48.4. The molecule has 2 aromatic carbocycles. The Morgan fingerprint density at radius 3 is 2.14 bits per heavy atom. The zero-order chi connectivity index (χ0) is 44.9. The van der Waals surface area contributed by atoms with Gasteiger partial charge in [-0.15, -0.1) is 0 Å². The number of methoxy groups -OCH3 is 1. The lowest BCUT2D eigenvalue weighted by molar-refractivity contribution is -0.141. The number of nitrogens with one attached hydrogen (secondary N) is 3. The molecule has 16 heteroatoms. The largest absolute Gasteiger partial charge is 0.494 e. The number of rotatable bonds is 25. The number of pyridine rings is 1. The number of amides is 2. The van der Waals surface area contributed by atoms with Crippen molar-refractivity contribution in [1.29, 1.82) is 0 Å². The fourth-order valence-electron chi connectivity index (χ4n) is 6.97. The standard InChI is InChI=1S/C47H65N7O9/c1-35(36-15-17-40(18-16-36)62-29-9-7-6-8-27-59-30-32-61-33-31-60-28-11-14-41(55)58-5)49-43(56)38-12-10-13-39(34-38)51-47(21-25-54(26-22-47)45(57)63-46(2,3)4)44-50-42(52-53-44)37-19-23-48-24-20-37/h10,12-13,15-20,23-24,34-35,51H,6-9,11,14,21-22,25-33H2,1-5H3,(H,49,56)(H,50,52,53). The molecule has 1 aliphatic heterocycles. The van der Waals surface area contributed by atoms with Crippen LogP contribution in [0.15, 0.2) is 73.1 Å². The molecule has 0 radical (unpaired) electrons. The number of ether oxygens (including phenoxy) is 6. The predicted molar refractivity (Wildman–Crippen MR) is 238 cm³/mol. The summed E-state index contributed by atoms with van der Waals surface area (Å²) in [5, 5.41) is 14.5. The van der Waals surface area contributed by atoms with Crippen LogP contribution < -0.4 is 15.4 Å². The Labute approximate surface area is 371 Å². The monoisotopic (exact) mass is 871 g/mol. The summed E-state index contributed by atoms with van der Waals surface area (Å²) < 4.78 is 32.8. The zero-order valence-electron chi connectivity index (χ0n) is 37.5. The van der Waals surface area contributed by atoms with Gasteiger partial charge >= 0.3 is 12.1 Å². The van der Waals surface area contributed by atoms with Crippen LogP contribution in [0.4, 0.5) is 10.5 Å². The Kier molecular flexibility index (Phi) is 19.2. The lowest BCUT2D eigenvalue weighted by atomic mass is 9.86. The maximum absolute atomic E-state index is 13.6. The molecule has 5 rings (SSSR count). The smallest absolute Gasteiger partial charge is 0.410 e. The van der Waals surface area contributed by atoms with E-state index in [9.17, 15) is 14.4 Å². The van der Waals surface area contributed by atoms with Crippen LogP contribution in [0, 0.1) is 0 Å². The molecule has 1 fully saturated rings. The van der Waals surface area contributed by atoms with Gasteiger partial charge in [0, 0.05) is 61.9 Å². The number of hydrogen-bond donors (Lipinski definition) is 3. The molecular formula is C47H65N7O9. The van der Waals surface area contributed by atoms with E-state index in [4.69, 9.17) is 28.7 Å². The number of benzene rings is 2. The molecule has 1 unspecified atom stereocenters. The Balaban J connectivity index is 1.03. The van der Waals surface area contributed by atoms with E-state index in [1.54, 1.807) is 23.4 Å². The van der Waals surface area contributed by atoms with E-state index in [1.165, 1.54) is 7.11 Å². The minimum atomic E-state index is -0.706. The molecule has 0 spiro atoms. The fraction of sp³-hybridized carbons (Fsp3) is 0.532. The highest BCUT2D eigenvalue weighted by molar-refractivity contribution is 5.95. The van der Waals surface area contributed by atoms with Crippen molar-refractivity contribution in [2.75, 3.05) is 71.8 Å². The van der Waals surface area contributed by atoms with Crippen molar-refractivity contribution in [3.63, 3.8) is 0 Å². The summed E-state index contributed by atoms with van der Waals surface area (Å²) in [6.45, 7) is 12.3. The number of aromatic amines is 1. The van der Waals surface area contributed by atoms with Gasteiger partial charge < -0.3 is 44.0 Å². The van der Waals surface area contributed by atoms with Crippen molar-refractivity contribution in [2.45, 2.75) is 96.2 Å². The molecule has 2 aromatic heterocycles. The number of nitrogens with zero attached hydrogens (tertiary/aromatic N) is 4. The van der Waals surface area contributed by atoms with Gasteiger partial charge in [-0.3, -0.25) is 19.7 Å². The first-order valence-electron chi connectivity index (χ1n) is 22.0. The Morgan fingerprint density at radius 2 is 1.48 bits per heavy atom. The fourth-order valence-corrected chi connectivity index (χ4v) is 6.97. The highest BCUT2D eigenvalue weighted by atomic mass is 16.6. The molecule has 4 aromatic rings. The summed E-state index contributed by atoms with van der Waals surface area (Å²) >= 11 is 0. The lowest BCUT2D eigenvalue weighted by Gasteiger charge is -2.41. The number of esters is 1. The van der Waals surface area contributed by atoms with Gasteiger partial charge in [-0.2, -0.15) is 5.10 Å². The average Bonchev–Trinajstić information content (AvgIpc) is 3.79. The van der Waals surface area contributed by atoms with Gasteiger partial charge in [0.2, 0.25) is 0 Å². The summed E-state index contributed by atoms with van der Waals surface area (Å²) in [5.41, 5.74) is 1.73. The van der Waals surface area contributed by atoms with Gasteiger partial charge in [0.15, 0.2) is 11.6 Å². The Hall–Kier alpha value is -5.58. The van der Waals surface area contributed by atoms with Crippen molar-refractivity contribution >= 4 is 23.7 Å². The summed E-state index contributed by atoms with van der Waals surface area (Å²) in [7, 11) is 1.38. The van der Waals surface area contributed by atoms with Gasteiger partial charge in [0.25, 0.3) is 5.91 Å². The summed E-state index contributed by atoms with van der Waals surface area (Å²) in [6, 6.07) is 18.7. The van der Waals surface area contributed by atoms with Crippen molar-refractivity contribution in [3.8, 4) is 17.1 Å². The first-order valence-corrected chi connectivity index (χ1v) is 22.0. The Bertz CT molecular complexity index is 1980. The van der Waals surface area contributed by atoms with Crippen LogP contribution in [0.1, 0.15) is 107 Å². The summed E-state index contributed by atoms with van der Waals surface area (Å²) in [5.74, 6) is 1.55. The first-order chi connectivity index (χ1) is 30.4. The maximum Gasteiger partial charge on any atom is 0.410 e. The number of aromatic nitrogens is 4. The van der Waals surface area contributed by atoms with E-state index in [1.807, 2.05) is 82.3 Å². The van der Waals surface area contributed by atoms with Gasteiger partial charge in [-0.1, -0.05) is 24.6 Å². The number of carbonyl (C=O) groups is 3. The molecule has 63 heavy (non-hydrogen) atoms. The first kappa shape index (κ1) is 48.5. The molecular weight excluding hydrogens is 807 g/mol. The molecule has 1 aliphatic rings. The molecule has 1 atom stereocenters. The SMILES string of the molecule is COC(=O)CCCOCCOCCOCCCCCCOc1ccc(C(C)NC(=O)c2cccc(NC3(c4nc(-c5ccncc5)n[nH]4)CCN(C(=O)OC(C)(C)C)CC3)c2)cc1. The number of anilines is 1. The third-order valence-corrected chi connectivity index (χ3v) is 10.5. The van der Waals surface area contributed by atoms with E-state index < -0.39 is 11.1 Å². The maximum atomic E-state index is 13.6. The molecule has 3 heterocycles. The van der Waals surface area contributed by atoms with Crippen LogP contribution in [-0.2, 0) is 34.0 Å². The van der Waals surface area contributed by atoms with Gasteiger partial charge in [0.1, 0.15) is 16.9 Å². The normalized spacial score (nSPS) is 14.1. The molecule has 16 nitrogen and oxygen atoms in total. The van der Waals surface area contributed by atoms with Crippen LogP contribution >= 0.6 is 0 Å². The second kappa shape index (κ2) is 24.9. The number of unbranched alkanes of at least 4 members (excludes halogenated alkanes) is 3. The highest BCUT2D eigenvalue weighted by Gasteiger charge is 2.41. The molecule has 0 bridgehead atoms.